The summed E-state index contributed by atoms with van der Waals surface area (Å²) >= 11 is 0. The van der Waals surface area contributed by atoms with Gasteiger partial charge >= 0.3 is 0 Å². The molecule has 8 nitrogen and oxygen atoms in total. The highest BCUT2D eigenvalue weighted by atomic mass is 32.2. The normalized spacial score (nSPS) is 12.1. The molecule has 214 valence electrons. The zero-order valence-corrected chi connectivity index (χ0v) is 25.1. The van der Waals surface area contributed by atoms with E-state index >= 15 is 0 Å². The van der Waals surface area contributed by atoms with Crippen molar-refractivity contribution in [1.29, 1.82) is 0 Å². The van der Waals surface area contributed by atoms with Crippen molar-refractivity contribution < 1.29 is 22.7 Å². The zero-order chi connectivity index (χ0) is 29.6. The molecule has 0 unspecified atom stereocenters. The predicted octanol–water partition coefficient (Wildman–Crippen LogP) is 4.76. The topological polar surface area (TPSA) is 96.0 Å². The van der Waals surface area contributed by atoms with Crippen LogP contribution in [0.5, 0.6) is 5.75 Å². The Morgan fingerprint density at radius 1 is 0.875 bits per heavy atom. The third-order valence-corrected chi connectivity index (χ3v) is 8.56. The minimum atomic E-state index is -4.11. The molecule has 3 aromatic rings. The lowest BCUT2D eigenvalue weighted by atomic mass is 10.1. The molecule has 40 heavy (non-hydrogen) atoms. The van der Waals surface area contributed by atoms with Gasteiger partial charge in [0.15, 0.2) is 0 Å². The first-order chi connectivity index (χ1) is 18.8. The standard InChI is InChI=1S/C31H39N3O5S/c1-21(2)32-31(36)25(6)33(19-26-11-14-28(39-7)15-12-26)30(35)20-34(27-13-10-23(4)24(5)18-27)40(37,38)29-16-8-22(3)9-17-29/h8-18,21,25H,19-20H2,1-7H3,(H,32,36)/t25-/m1/s1. The number of carbonyl (C=O) groups is 2. The van der Waals surface area contributed by atoms with Crippen molar-refractivity contribution >= 4 is 27.5 Å². The Bertz CT molecular complexity index is 1430. The minimum absolute atomic E-state index is 0.0800. The maximum absolute atomic E-state index is 14.0. The van der Waals surface area contributed by atoms with Crippen LogP contribution >= 0.6 is 0 Å². The van der Waals surface area contributed by atoms with Crippen molar-refractivity contribution in [3.05, 3.63) is 89.0 Å². The van der Waals surface area contributed by atoms with E-state index in [1.165, 1.54) is 17.0 Å². The summed E-state index contributed by atoms with van der Waals surface area (Å²) in [5, 5.41) is 2.86. The Balaban J connectivity index is 2.05. The lowest BCUT2D eigenvalue weighted by Crippen LogP contribution is -2.52. The number of nitrogens with one attached hydrogen (secondary N) is 1. The highest BCUT2D eigenvalue weighted by molar-refractivity contribution is 7.92. The molecule has 0 radical (unpaired) electrons. The Hall–Kier alpha value is -3.85. The van der Waals surface area contributed by atoms with Gasteiger partial charge in [-0.3, -0.25) is 13.9 Å². The van der Waals surface area contributed by atoms with Gasteiger partial charge in [0.1, 0.15) is 18.3 Å². The van der Waals surface area contributed by atoms with Gasteiger partial charge in [-0.2, -0.15) is 0 Å². The fraction of sp³-hybridized carbons (Fsp3) is 0.355. The first kappa shape index (κ1) is 30.7. The lowest BCUT2D eigenvalue weighted by molar-refractivity contribution is -0.139. The first-order valence-corrected chi connectivity index (χ1v) is 14.7. The number of nitrogens with zero attached hydrogens (tertiary/aromatic N) is 2. The molecule has 9 heteroatoms. The fourth-order valence-electron chi connectivity index (χ4n) is 4.16. The summed E-state index contributed by atoms with van der Waals surface area (Å²) in [6.45, 7) is 10.7. The molecule has 0 heterocycles. The van der Waals surface area contributed by atoms with Crippen LogP contribution in [0.4, 0.5) is 5.69 Å². The van der Waals surface area contributed by atoms with Gasteiger partial charge in [-0.05, 0) is 94.6 Å². The summed E-state index contributed by atoms with van der Waals surface area (Å²) in [5.74, 6) is -0.163. The van der Waals surface area contributed by atoms with Gasteiger partial charge in [0, 0.05) is 12.6 Å². The number of methoxy groups -OCH3 is 1. The molecular formula is C31H39N3O5S. The highest BCUT2D eigenvalue weighted by Gasteiger charge is 2.32. The van der Waals surface area contributed by atoms with Crippen LogP contribution in [0.25, 0.3) is 0 Å². The van der Waals surface area contributed by atoms with Gasteiger partial charge in [-0.15, -0.1) is 0 Å². The van der Waals surface area contributed by atoms with E-state index in [0.29, 0.717) is 11.4 Å². The molecule has 3 rings (SSSR count). The smallest absolute Gasteiger partial charge is 0.264 e. The maximum Gasteiger partial charge on any atom is 0.264 e. The van der Waals surface area contributed by atoms with E-state index in [2.05, 4.69) is 5.32 Å². The molecular weight excluding hydrogens is 526 g/mol. The van der Waals surface area contributed by atoms with Crippen LogP contribution in [0.2, 0.25) is 0 Å². The number of hydrogen-bond acceptors (Lipinski definition) is 5. The van der Waals surface area contributed by atoms with Gasteiger partial charge in [-0.25, -0.2) is 8.42 Å². The van der Waals surface area contributed by atoms with Crippen molar-refractivity contribution in [1.82, 2.24) is 10.2 Å². The predicted molar refractivity (Wildman–Crippen MR) is 158 cm³/mol. The van der Waals surface area contributed by atoms with E-state index in [4.69, 9.17) is 4.74 Å². The highest BCUT2D eigenvalue weighted by Crippen LogP contribution is 2.27. The number of benzene rings is 3. The van der Waals surface area contributed by atoms with Crippen molar-refractivity contribution in [2.45, 2.75) is 65.1 Å². The molecule has 0 spiro atoms. The molecule has 1 N–H and O–H groups in total. The second-order valence-electron chi connectivity index (χ2n) is 10.3. The molecule has 0 aliphatic carbocycles. The van der Waals surface area contributed by atoms with Gasteiger partial charge < -0.3 is 15.0 Å². The lowest BCUT2D eigenvalue weighted by Gasteiger charge is -2.32. The van der Waals surface area contributed by atoms with Crippen LogP contribution in [0.15, 0.2) is 71.6 Å². The number of anilines is 1. The first-order valence-electron chi connectivity index (χ1n) is 13.2. The zero-order valence-electron chi connectivity index (χ0n) is 24.3. The fourth-order valence-corrected chi connectivity index (χ4v) is 5.57. The minimum Gasteiger partial charge on any atom is -0.497 e. The van der Waals surface area contributed by atoms with Crippen molar-refractivity contribution in [2.75, 3.05) is 18.0 Å². The van der Waals surface area contributed by atoms with Gasteiger partial charge in [-0.1, -0.05) is 35.9 Å². The van der Waals surface area contributed by atoms with Crippen LogP contribution in [0.1, 0.15) is 43.0 Å². The van der Waals surface area contributed by atoms with E-state index in [9.17, 15) is 18.0 Å². The molecule has 3 aromatic carbocycles. The largest absolute Gasteiger partial charge is 0.497 e. The SMILES string of the molecule is COc1ccc(CN(C(=O)CN(c2ccc(C)c(C)c2)S(=O)(=O)c2ccc(C)cc2)[C@H](C)C(=O)NC(C)C)cc1. The van der Waals surface area contributed by atoms with Crippen LogP contribution in [-0.4, -0.2) is 50.9 Å². The van der Waals surface area contributed by atoms with Crippen LogP contribution < -0.4 is 14.4 Å². The number of ether oxygens (including phenoxy) is 1. The molecule has 0 aliphatic rings. The molecule has 0 saturated heterocycles. The number of sulfonamides is 1. The maximum atomic E-state index is 14.0. The van der Waals surface area contributed by atoms with Crippen LogP contribution in [0, 0.1) is 20.8 Å². The van der Waals surface area contributed by atoms with Crippen LogP contribution in [-0.2, 0) is 26.2 Å². The van der Waals surface area contributed by atoms with Crippen LogP contribution in [0.3, 0.4) is 0 Å². The van der Waals surface area contributed by atoms with Gasteiger partial charge in [0.25, 0.3) is 10.0 Å². The molecule has 0 aliphatic heterocycles. The summed E-state index contributed by atoms with van der Waals surface area (Å²) in [7, 11) is -2.54. The molecule has 2 amide bonds. The van der Waals surface area contributed by atoms with Crippen molar-refractivity contribution in [3.8, 4) is 5.75 Å². The Kier molecular flexibility index (Phi) is 9.98. The second kappa shape index (κ2) is 13.0. The summed E-state index contributed by atoms with van der Waals surface area (Å²) < 4.78 is 34.2. The number of hydrogen-bond donors (Lipinski definition) is 1. The Morgan fingerprint density at radius 3 is 2.05 bits per heavy atom. The molecule has 0 fully saturated rings. The van der Waals surface area contributed by atoms with Gasteiger partial charge in [0.2, 0.25) is 11.8 Å². The molecule has 0 bridgehead atoms. The molecule has 1 atom stereocenters. The quantitative estimate of drug-likeness (QED) is 0.362. The van der Waals surface area contributed by atoms with E-state index in [-0.39, 0.29) is 23.4 Å². The summed E-state index contributed by atoms with van der Waals surface area (Å²) in [6, 6.07) is 18.0. The van der Waals surface area contributed by atoms with E-state index in [0.717, 1.165) is 26.6 Å². The molecule has 0 aromatic heterocycles. The Morgan fingerprint density at radius 2 is 1.50 bits per heavy atom. The molecule has 0 saturated carbocycles. The van der Waals surface area contributed by atoms with E-state index < -0.39 is 28.5 Å². The average molecular weight is 566 g/mol. The van der Waals surface area contributed by atoms with E-state index in [1.807, 2.05) is 52.8 Å². The third-order valence-electron chi connectivity index (χ3n) is 6.78. The average Bonchev–Trinajstić information content (AvgIpc) is 2.91. The Labute approximate surface area is 238 Å². The number of rotatable bonds is 11. The summed E-state index contributed by atoms with van der Waals surface area (Å²) in [5.41, 5.74) is 3.97. The third kappa shape index (κ3) is 7.41. The number of amides is 2. The van der Waals surface area contributed by atoms with Gasteiger partial charge in [0.05, 0.1) is 17.7 Å². The van der Waals surface area contributed by atoms with E-state index in [1.54, 1.807) is 50.4 Å². The number of carbonyl (C=O) groups excluding carboxylic acids is 2. The van der Waals surface area contributed by atoms with Crippen molar-refractivity contribution in [3.63, 3.8) is 0 Å². The number of aryl methyl sites for hydroxylation is 3. The summed E-state index contributed by atoms with van der Waals surface area (Å²) in [4.78, 5) is 28.5. The second-order valence-corrected chi connectivity index (χ2v) is 12.2. The summed E-state index contributed by atoms with van der Waals surface area (Å²) in [6.07, 6.45) is 0. The monoisotopic (exact) mass is 565 g/mol. The van der Waals surface area contributed by atoms with Crippen molar-refractivity contribution in [2.24, 2.45) is 0 Å².